The van der Waals surface area contributed by atoms with Gasteiger partial charge < -0.3 is 14.2 Å². The van der Waals surface area contributed by atoms with Gasteiger partial charge in [0.05, 0.1) is 21.3 Å². The Labute approximate surface area is 75.9 Å². The van der Waals surface area contributed by atoms with E-state index in [0.717, 1.165) is 0 Å². The van der Waals surface area contributed by atoms with Crippen molar-refractivity contribution < 1.29 is 14.2 Å². The van der Waals surface area contributed by atoms with E-state index in [0.29, 0.717) is 18.3 Å². The number of hydrogen-bond donors (Lipinski definition) is 0. The van der Waals surface area contributed by atoms with E-state index in [9.17, 15) is 0 Å². The molecule has 0 spiro atoms. The van der Waals surface area contributed by atoms with Crippen molar-refractivity contribution in [3.8, 4) is 0 Å². The van der Waals surface area contributed by atoms with Crippen LogP contribution < -0.4 is 0 Å². The Morgan fingerprint density at radius 1 is 0.923 bits per heavy atom. The zero-order valence-electron chi connectivity index (χ0n) is 7.77. The summed E-state index contributed by atoms with van der Waals surface area (Å²) in [5.74, 6) is 0.981. The molecule has 0 saturated heterocycles. The van der Waals surface area contributed by atoms with Gasteiger partial charge in [0, 0.05) is 0 Å². The Kier molecular flexibility index (Phi) is 3.24. The Hall–Kier alpha value is -1.59. The lowest BCUT2D eigenvalue weighted by Crippen LogP contribution is -2.18. The highest BCUT2D eigenvalue weighted by Gasteiger charge is 2.13. The number of methoxy groups -OCH3 is 3. The average molecular weight is 185 g/mol. The molecule has 0 amide bonds. The van der Waals surface area contributed by atoms with Crippen molar-refractivity contribution in [2.75, 3.05) is 27.9 Å². The van der Waals surface area contributed by atoms with Gasteiger partial charge in [-0.1, -0.05) is 0 Å². The average Bonchev–Trinajstić information content (AvgIpc) is 2.38. The highest BCUT2D eigenvalue weighted by Crippen LogP contribution is 1.97. The Morgan fingerprint density at radius 2 is 1.62 bits per heavy atom. The van der Waals surface area contributed by atoms with Crippen molar-refractivity contribution in [2.24, 2.45) is 15.2 Å². The van der Waals surface area contributed by atoms with Crippen molar-refractivity contribution in [3.63, 3.8) is 0 Å². The zero-order valence-corrected chi connectivity index (χ0v) is 7.77. The summed E-state index contributed by atoms with van der Waals surface area (Å²) in [7, 11) is 4.47. The molecule has 6 heteroatoms. The highest BCUT2D eigenvalue weighted by atomic mass is 16.5. The van der Waals surface area contributed by atoms with E-state index in [2.05, 4.69) is 15.2 Å². The van der Waals surface area contributed by atoms with Crippen LogP contribution in [0.3, 0.4) is 0 Å². The number of rotatable bonds is 0. The molecule has 0 aromatic carbocycles. The van der Waals surface area contributed by atoms with Crippen LogP contribution in [0.5, 0.6) is 0 Å². The summed E-state index contributed by atoms with van der Waals surface area (Å²) in [5, 5.41) is 7.50. The summed E-state index contributed by atoms with van der Waals surface area (Å²) < 4.78 is 14.7. The van der Waals surface area contributed by atoms with E-state index in [1.165, 1.54) is 21.3 Å². The summed E-state index contributed by atoms with van der Waals surface area (Å²) in [6, 6.07) is 0. The number of hydrogen-bond acceptors (Lipinski definition) is 6. The fourth-order valence-electron chi connectivity index (χ4n) is 0.768. The van der Waals surface area contributed by atoms with Crippen LogP contribution in [0.15, 0.2) is 15.2 Å². The van der Waals surface area contributed by atoms with Gasteiger partial charge in [0.1, 0.15) is 6.54 Å². The molecule has 13 heavy (non-hydrogen) atoms. The lowest BCUT2D eigenvalue weighted by molar-refractivity contribution is 0.366. The van der Waals surface area contributed by atoms with E-state index in [1.54, 1.807) is 0 Å². The molecule has 1 aliphatic heterocycles. The van der Waals surface area contributed by atoms with Crippen LogP contribution in [0.4, 0.5) is 0 Å². The first-order valence-electron chi connectivity index (χ1n) is 3.63. The normalized spacial score (nSPS) is 16.4. The van der Waals surface area contributed by atoms with Gasteiger partial charge in [-0.05, 0) is 0 Å². The van der Waals surface area contributed by atoms with Gasteiger partial charge in [0.2, 0.25) is 5.90 Å². The number of aliphatic imine (C=N–C) groups is 1. The summed E-state index contributed by atoms with van der Waals surface area (Å²) >= 11 is 0. The van der Waals surface area contributed by atoms with Crippen LogP contribution in [0.1, 0.15) is 0 Å². The topological polar surface area (TPSA) is 64.8 Å². The smallest absolute Gasteiger partial charge is 0.296 e. The Bertz CT molecular complexity index is 270. The fourth-order valence-corrected chi connectivity index (χ4v) is 0.768. The molecule has 0 aromatic rings. The van der Waals surface area contributed by atoms with E-state index < -0.39 is 0 Å². The maximum Gasteiger partial charge on any atom is 0.296 e. The second-order valence-electron chi connectivity index (χ2n) is 2.13. The van der Waals surface area contributed by atoms with Crippen LogP contribution in [0.25, 0.3) is 0 Å². The van der Waals surface area contributed by atoms with Gasteiger partial charge in [-0.2, -0.15) is 0 Å². The molecule has 0 N–H and O–H groups in total. The lowest BCUT2D eigenvalue weighted by Gasteiger charge is -2.02. The Balaban J connectivity index is 2.87. The zero-order chi connectivity index (χ0) is 9.68. The van der Waals surface area contributed by atoms with Gasteiger partial charge in [-0.25, -0.2) is 4.99 Å². The highest BCUT2D eigenvalue weighted by molar-refractivity contribution is 6.35. The van der Waals surface area contributed by atoms with Crippen LogP contribution >= 0.6 is 0 Å². The second kappa shape index (κ2) is 4.44. The van der Waals surface area contributed by atoms with Crippen LogP contribution in [0, 0.1) is 0 Å². The first-order chi connectivity index (χ1) is 6.31. The van der Waals surface area contributed by atoms with Crippen molar-refractivity contribution >= 4 is 17.7 Å². The molecule has 6 nitrogen and oxygen atoms in total. The molecular weight excluding hydrogens is 174 g/mol. The first-order valence-corrected chi connectivity index (χ1v) is 3.63. The van der Waals surface area contributed by atoms with Crippen molar-refractivity contribution in [1.82, 2.24) is 0 Å². The maximum absolute atomic E-state index is 4.93. The number of ether oxygens (including phenoxy) is 3. The predicted octanol–water partition coefficient (Wildman–Crippen LogP) is 0.0497. The van der Waals surface area contributed by atoms with E-state index in [4.69, 9.17) is 14.2 Å². The Morgan fingerprint density at radius 3 is 2.15 bits per heavy atom. The standard InChI is InChI=1S/C7H11N3O3/c1-11-5-4-8-6(12-2)7(13-3)10-9-5/h4H2,1-3H3. The molecule has 1 rings (SSSR count). The van der Waals surface area contributed by atoms with Crippen LogP contribution in [-0.2, 0) is 14.2 Å². The second-order valence-corrected chi connectivity index (χ2v) is 2.13. The van der Waals surface area contributed by atoms with Gasteiger partial charge >= 0.3 is 0 Å². The lowest BCUT2D eigenvalue weighted by atomic mass is 10.6. The molecule has 72 valence electrons. The van der Waals surface area contributed by atoms with Crippen LogP contribution in [-0.4, -0.2) is 45.6 Å². The number of nitrogens with zero attached hydrogens (tertiary/aromatic N) is 3. The van der Waals surface area contributed by atoms with E-state index in [-0.39, 0.29) is 5.90 Å². The van der Waals surface area contributed by atoms with E-state index in [1.807, 2.05) is 0 Å². The molecule has 0 bridgehead atoms. The summed E-state index contributed by atoms with van der Waals surface area (Å²) in [6.45, 7) is 0.302. The van der Waals surface area contributed by atoms with Gasteiger partial charge in [0.25, 0.3) is 11.8 Å². The third-order valence-corrected chi connectivity index (χ3v) is 1.42. The summed E-state index contributed by atoms with van der Waals surface area (Å²) in [6.07, 6.45) is 0. The van der Waals surface area contributed by atoms with Gasteiger partial charge in [-0.3, -0.25) is 0 Å². The molecule has 0 saturated carbocycles. The molecule has 0 radical (unpaired) electrons. The maximum atomic E-state index is 4.93. The summed E-state index contributed by atoms with van der Waals surface area (Å²) in [5.41, 5.74) is 0. The molecule has 0 atom stereocenters. The minimum Gasteiger partial charge on any atom is -0.482 e. The molecule has 0 unspecified atom stereocenters. The SMILES string of the molecule is COC1=NN=C(OC)C(OC)=NC1. The molecule has 0 fully saturated rings. The third-order valence-electron chi connectivity index (χ3n) is 1.42. The fraction of sp³-hybridized carbons (Fsp3) is 0.571. The third kappa shape index (κ3) is 2.17. The molecule has 0 aliphatic carbocycles. The summed E-state index contributed by atoms with van der Waals surface area (Å²) in [4.78, 5) is 4.03. The largest absolute Gasteiger partial charge is 0.482 e. The minimum atomic E-state index is 0.245. The van der Waals surface area contributed by atoms with Gasteiger partial charge in [-0.15, -0.1) is 10.2 Å². The first kappa shape index (κ1) is 9.50. The van der Waals surface area contributed by atoms with Crippen molar-refractivity contribution in [2.45, 2.75) is 0 Å². The minimum absolute atomic E-state index is 0.245. The molecule has 0 aromatic heterocycles. The van der Waals surface area contributed by atoms with Crippen molar-refractivity contribution in [1.29, 1.82) is 0 Å². The monoisotopic (exact) mass is 185 g/mol. The molecule has 1 heterocycles. The van der Waals surface area contributed by atoms with Crippen LogP contribution in [0.2, 0.25) is 0 Å². The van der Waals surface area contributed by atoms with E-state index >= 15 is 0 Å². The quantitative estimate of drug-likeness (QED) is 0.535. The van der Waals surface area contributed by atoms with Crippen molar-refractivity contribution in [3.05, 3.63) is 0 Å². The molecule has 1 aliphatic rings. The molecular formula is C7H11N3O3. The van der Waals surface area contributed by atoms with Gasteiger partial charge in [0.15, 0.2) is 0 Å². The predicted molar refractivity (Wildman–Crippen MR) is 48.2 cm³/mol.